The van der Waals surface area contributed by atoms with E-state index in [1.165, 1.54) is 18.9 Å². The first-order valence-electron chi connectivity index (χ1n) is 7.84. The van der Waals surface area contributed by atoms with Crippen molar-refractivity contribution in [3.05, 3.63) is 35.9 Å². The molecule has 0 radical (unpaired) electrons. The number of esters is 2. The van der Waals surface area contributed by atoms with Gasteiger partial charge in [0.05, 0.1) is 13.2 Å². The Balaban J connectivity index is 1.76. The van der Waals surface area contributed by atoms with Gasteiger partial charge in [-0.05, 0) is 5.56 Å². The Morgan fingerprint density at radius 3 is 2.48 bits per heavy atom. The number of amides is 1. The number of ether oxygens (including phenoxy) is 3. The second-order valence-electron chi connectivity index (χ2n) is 6.00. The van der Waals surface area contributed by atoms with Gasteiger partial charge in [0.15, 0.2) is 0 Å². The zero-order valence-corrected chi connectivity index (χ0v) is 15.3. The van der Waals surface area contributed by atoms with Gasteiger partial charge < -0.3 is 14.2 Å². The van der Waals surface area contributed by atoms with E-state index in [1.807, 2.05) is 30.3 Å². The summed E-state index contributed by atoms with van der Waals surface area (Å²) in [6, 6.07) is 7.94. The lowest BCUT2D eigenvalue weighted by Gasteiger charge is -2.39. The highest BCUT2D eigenvalue weighted by atomic mass is 79.9. The summed E-state index contributed by atoms with van der Waals surface area (Å²) in [6.45, 7) is 1.39. The quantitative estimate of drug-likeness (QED) is 0.427. The van der Waals surface area contributed by atoms with Crippen LogP contribution in [0.4, 0.5) is 4.79 Å². The van der Waals surface area contributed by atoms with Crippen LogP contribution in [0.1, 0.15) is 12.5 Å². The van der Waals surface area contributed by atoms with Gasteiger partial charge >= 0.3 is 18.0 Å². The fourth-order valence-electron chi connectivity index (χ4n) is 3.47. The first-order valence-corrected chi connectivity index (χ1v) is 8.75. The van der Waals surface area contributed by atoms with Crippen LogP contribution < -0.4 is 0 Å². The highest BCUT2D eigenvalue weighted by molar-refractivity contribution is 9.09. The SMILES string of the molecule is COC(=O)[C@H]1[C@H]2[C@H](Br)[C@H]([C@H]2OC(C)=O)N1C(=O)OCc1ccccc1. The minimum absolute atomic E-state index is 0.0899. The maximum absolute atomic E-state index is 12.6. The third-order valence-corrected chi connectivity index (χ3v) is 5.71. The number of carbonyl (C=O) groups excluding carboxylic acids is 3. The molecule has 3 aliphatic rings. The molecule has 2 saturated heterocycles. The average molecular weight is 412 g/mol. The topological polar surface area (TPSA) is 82.1 Å². The van der Waals surface area contributed by atoms with Gasteiger partial charge in [-0.1, -0.05) is 46.3 Å². The van der Waals surface area contributed by atoms with Crippen molar-refractivity contribution in [3.63, 3.8) is 0 Å². The standard InChI is InChI=1S/C17H18BrNO6/c1-9(20)25-15-11-12(18)14(15)19(13(11)16(21)23-2)17(22)24-8-10-6-4-3-5-7-10/h3-7,11-15H,8H2,1-2H3/t11-,12+,13-,14-,15+/m1/s1. The molecule has 4 rings (SSSR count). The van der Waals surface area contributed by atoms with Crippen molar-refractivity contribution in [2.24, 2.45) is 5.92 Å². The highest BCUT2D eigenvalue weighted by Gasteiger charge is 2.70. The number of hydrogen-bond acceptors (Lipinski definition) is 6. The third-order valence-electron chi connectivity index (χ3n) is 4.56. The molecular formula is C17H18BrNO6. The number of nitrogens with zero attached hydrogens (tertiary/aromatic N) is 1. The lowest BCUT2D eigenvalue weighted by atomic mass is 9.79. The van der Waals surface area contributed by atoms with Crippen molar-refractivity contribution < 1.29 is 28.6 Å². The number of rotatable bonds is 4. The number of alkyl halides is 1. The summed E-state index contributed by atoms with van der Waals surface area (Å²) < 4.78 is 15.5. The molecule has 1 saturated carbocycles. The number of hydrogen-bond donors (Lipinski definition) is 0. The minimum atomic E-state index is -0.841. The molecule has 0 aromatic heterocycles. The predicted molar refractivity (Wildman–Crippen MR) is 89.8 cm³/mol. The van der Waals surface area contributed by atoms with E-state index in [0.717, 1.165) is 5.56 Å². The van der Waals surface area contributed by atoms with Crippen LogP contribution in [0, 0.1) is 5.92 Å². The van der Waals surface area contributed by atoms with E-state index in [4.69, 9.17) is 14.2 Å². The summed E-state index contributed by atoms with van der Waals surface area (Å²) >= 11 is 3.48. The number of methoxy groups -OCH3 is 1. The molecule has 0 unspecified atom stereocenters. The molecule has 134 valence electrons. The van der Waals surface area contributed by atoms with Crippen LogP contribution in [0.25, 0.3) is 0 Å². The Labute approximate surface area is 153 Å². The van der Waals surface area contributed by atoms with E-state index in [9.17, 15) is 14.4 Å². The predicted octanol–water partition coefficient (Wildman–Crippen LogP) is 1.87. The lowest BCUT2D eigenvalue weighted by Crippen LogP contribution is -2.56. The maximum atomic E-state index is 12.6. The van der Waals surface area contributed by atoms with Crippen LogP contribution in [0.3, 0.4) is 0 Å². The lowest BCUT2D eigenvalue weighted by molar-refractivity contribution is -0.155. The van der Waals surface area contributed by atoms with Gasteiger partial charge in [-0.25, -0.2) is 9.59 Å². The molecular weight excluding hydrogens is 394 g/mol. The van der Waals surface area contributed by atoms with Crippen molar-refractivity contribution in [1.29, 1.82) is 0 Å². The van der Waals surface area contributed by atoms with Crippen molar-refractivity contribution >= 4 is 34.0 Å². The molecule has 7 nitrogen and oxygen atoms in total. The van der Waals surface area contributed by atoms with E-state index in [-0.39, 0.29) is 17.4 Å². The Morgan fingerprint density at radius 1 is 1.20 bits per heavy atom. The molecule has 2 bridgehead atoms. The van der Waals surface area contributed by atoms with Crippen LogP contribution in [0.2, 0.25) is 0 Å². The summed E-state index contributed by atoms with van der Waals surface area (Å²) in [6.07, 6.45) is -1.18. The summed E-state index contributed by atoms with van der Waals surface area (Å²) in [5.41, 5.74) is 0.837. The van der Waals surface area contributed by atoms with Gasteiger partial charge in [-0.2, -0.15) is 0 Å². The van der Waals surface area contributed by atoms with E-state index in [0.29, 0.717) is 0 Å². The van der Waals surface area contributed by atoms with E-state index >= 15 is 0 Å². The number of benzene rings is 1. The van der Waals surface area contributed by atoms with E-state index in [1.54, 1.807) is 0 Å². The van der Waals surface area contributed by atoms with Crippen LogP contribution >= 0.6 is 15.9 Å². The van der Waals surface area contributed by atoms with Gasteiger partial charge in [0.1, 0.15) is 18.8 Å². The Morgan fingerprint density at radius 2 is 1.88 bits per heavy atom. The van der Waals surface area contributed by atoms with Crippen LogP contribution in [-0.4, -0.2) is 53.1 Å². The summed E-state index contributed by atoms with van der Waals surface area (Å²) in [7, 11) is 1.26. The zero-order chi connectivity index (χ0) is 18.1. The number of fused-ring (bicyclic) bond motifs is 1. The Hall–Kier alpha value is -2.09. The first kappa shape index (κ1) is 17.7. The largest absolute Gasteiger partial charge is 0.467 e. The first-order chi connectivity index (χ1) is 12.0. The van der Waals surface area contributed by atoms with Crippen molar-refractivity contribution in [1.82, 2.24) is 4.90 Å². The Bertz CT molecular complexity index is 681. The fraction of sp³-hybridized carbons (Fsp3) is 0.471. The monoisotopic (exact) mass is 411 g/mol. The Kier molecular flexibility index (Phi) is 4.99. The van der Waals surface area contributed by atoms with Gasteiger partial charge in [-0.15, -0.1) is 0 Å². The molecule has 3 fully saturated rings. The van der Waals surface area contributed by atoms with Crippen LogP contribution in [0.5, 0.6) is 0 Å². The van der Waals surface area contributed by atoms with Crippen molar-refractivity contribution in [2.45, 2.75) is 36.5 Å². The average Bonchev–Trinajstić information content (AvgIpc) is 3.11. The zero-order valence-electron chi connectivity index (χ0n) is 13.8. The van der Waals surface area contributed by atoms with Crippen LogP contribution in [0.15, 0.2) is 30.3 Å². The molecule has 1 aromatic carbocycles. The maximum Gasteiger partial charge on any atom is 0.411 e. The summed E-state index contributed by atoms with van der Waals surface area (Å²) in [4.78, 5) is 37.3. The molecule has 5 atom stereocenters. The number of carbonyl (C=O) groups is 3. The van der Waals surface area contributed by atoms with Gasteiger partial charge in [0.2, 0.25) is 0 Å². The summed E-state index contributed by atoms with van der Waals surface area (Å²) in [5, 5.41) is 0. The minimum Gasteiger partial charge on any atom is -0.467 e. The molecule has 25 heavy (non-hydrogen) atoms. The molecule has 2 heterocycles. The van der Waals surface area contributed by atoms with Gasteiger partial charge in [0.25, 0.3) is 0 Å². The van der Waals surface area contributed by atoms with Gasteiger partial charge in [-0.3, -0.25) is 9.69 Å². The van der Waals surface area contributed by atoms with Gasteiger partial charge in [0, 0.05) is 17.7 Å². The van der Waals surface area contributed by atoms with E-state index < -0.39 is 36.2 Å². The number of halogens is 1. The summed E-state index contributed by atoms with van der Waals surface area (Å²) in [5.74, 6) is -1.36. The molecule has 0 N–H and O–H groups in total. The second-order valence-corrected chi connectivity index (χ2v) is 7.06. The highest BCUT2D eigenvalue weighted by Crippen LogP contribution is 2.52. The van der Waals surface area contributed by atoms with Crippen molar-refractivity contribution in [2.75, 3.05) is 7.11 Å². The normalized spacial score (nSPS) is 29.6. The molecule has 1 aromatic rings. The molecule has 1 aliphatic carbocycles. The third kappa shape index (κ3) is 3.10. The molecule has 8 heteroatoms. The molecule has 0 spiro atoms. The molecule has 2 aliphatic heterocycles. The van der Waals surface area contributed by atoms with Crippen molar-refractivity contribution in [3.8, 4) is 0 Å². The van der Waals surface area contributed by atoms with Crippen LogP contribution in [-0.2, 0) is 30.4 Å². The smallest absolute Gasteiger partial charge is 0.411 e. The second kappa shape index (κ2) is 7.03. The fourth-order valence-corrected chi connectivity index (χ4v) is 4.61. The van der Waals surface area contributed by atoms with E-state index in [2.05, 4.69) is 15.9 Å². The molecule has 1 amide bonds.